The summed E-state index contributed by atoms with van der Waals surface area (Å²) in [6.45, 7) is 0. The Kier molecular flexibility index (Phi) is 4.97. The molecule has 4 aromatic rings. The van der Waals surface area contributed by atoms with Crippen molar-refractivity contribution in [2.45, 2.75) is 18.8 Å². The van der Waals surface area contributed by atoms with Gasteiger partial charge in [0.05, 0.1) is 32.6 Å². The van der Waals surface area contributed by atoms with Crippen LogP contribution in [0.3, 0.4) is 0 Å². The highest BCUT2D eigenvalue weighted by Crippen LogP contribution is 2.38. The van der Waals surface area contributed by atoms with Crippen LogP contribution in [0.1, 0.15) is 34.0 Å². The van der Waals surface area contributed by atoms with E-state index in [2.05, 4.69) is 15.1 Å². The number of carbonyl (C=O) groups is 1. The molecule has 8 heteroatoms. The first-order valence-corrected chi connectivity index (χ1v) is 10.3. The van der Waals surface area contributed by atoms with Gasteiger partial charge in [-0.3, -0.25) is 4.79 Å². The van der Waals surface area contributed by atoms with E-state index in [1.54, 1.807) is 32.0 Å². The van der Waals surface area contributed by atoms with Crippen LogP contribution in [-0.4, -0.2) is 46.7 Å². The third-order valence-electron chi connectivity index (χ3n) is 5.81. The van der Waals surface area contributed by atoms with E-state index in [9.17, 15) is 4.79 Å². The average Bonchev–Trinajstić information content (AvgIpc) is 3.25. The first kappa shape index (κ1) is 20.0. The highest BCUT2D eigenvalue weighted by atomic mass is 16.5. The van der Waals surface area contributed by atoms with Crippen LogP contribution in [0.2, 0.25) is 0 Å². The third-order valence-corrected chi connectivity index (χ3v) is 5.81. The highest BCUT2D eigenvalue weighted by Gasteiger charge is 2.30. The molecule has 162 valence electrons. The summed E-state index contributed by atoms with van der Waals surface area (Å²) in [6.07, 6.45) is 2.73. The molecule has 0 radical (unpaired) electrons. The van der Waals surface area contributed by atoms with Gasteiger partial charge in [-0.25, -0.2) is 9.50 Å². The zero-order chi connectivity index (χ0) is 22.2. The number of nitrogens with zero attached hydrogens (tertiary/aromatic N) is 4. The van der Waals surface area contributed by atoms with Crippen LogP contribution >= 0.6 is 0 Å². The summed E-state index contributed by atoms with van der Waals surface area (Å²) in [6, 6.07) is 13.2. The van der Waals surface area contributed by atoms with Crippen molar-refractivity contribution >= 4 is 11.6 Å². The van der Waals surface area contributed by atoms with Gasteiger partial charge in [-0.15, -0.1) is 5.10 Å². The number of ketones is 1. The third kappa shape index (κ3) is 3.43. The van der Waals surface area contributed by atoms with Gasteiger partial charge in [-0.2, -0.15) is 4.98 Å². The first-order chi connectivity index (χ1) is 15.6. The van der Waals surface area contributed by atoms with Crippen LogP contribution < -0.4 is 14.2 Å². The van der Waals surface area contributed by atoms with Crippen LogP contribution in [0.4, 0.5) is 0 Å². The molecule has 2 aromatic carbocycles. The van der Waals surface area contributed by atoms with E-state index >= 15 is 0 Å². The molecule has 0 saturated heterocycles. The minimum absolute atomic E-state index is 0.0324. The molecule has 0 fully saturated rings. The maximum Gasteiger partial charge on any atom is 0.252 e. The molecule has 0 amide bonds. The predicted molar refractivity (Wildman–Crippen MR) is 118 cm³/mol. The summed E-state index contributed by atoms with van der Waals surface area (Å²) in [5.74, 6) is 3.18. The molecular weight excluding hydrogens is 408 g/mol. The number of hydrogen-bond acceptors (Lipinski definition) is 7. The Morgan fingerprint density at radius 3 is 2.38 bits per heavy atom. The second kappa shape index (κ2) is 7.96. The molecule has 2 heterocycles. The van der Waals surface area contributed by atoms with Crippen molar-refractivity contribution in [1.29, 1.82) is 0 Å². The lowest BCUT2D eigenvalue weighted by molar-refractivity contribution is 0.0962. The lowest BCUT2D eigenvalue weighted by atomic mass is 9.82. The predicted octanol–water partition coefficient (Wildman–Crippen LogP) is 3.73. The average molecular weight is 430 g/mol. The zero-order valence-corrected chi connectivity index (χ0v) is 18.0. The number of Topliss-reactive ketones (excluding diaryl/α,β-unsaturated/α-hetero) is 1. The van der Waals surface area contributed by atoms with Gasteiger partial charge >= 0.3 is 0 Å². The van der Waals surface area contributed by atoms with Crippen molar-refractivity contribution < 1.29 is 19.0 Å². The van der Waals surface area contributed by atoms with E-state index in [0.717, 1.165) is 22.6 Å². The number of benzene rings is 2. The zero-order valence-electron chi connectivity index (χ0n) is 18.0. The van der Waals surface area contributed by atoms with Gasteiger partial charge in [0.2, 0.25) is 0 Å². The highest BCUT2D eigenvalue weighted by molar-refractivity contribution is 5.98. The summed E-state index contributed by atoms with van der Waals surface area (Å²) in [5.41, 5.74) is 3.13. The largest absolute Gasteiger partial charge is 0.497 e. The molecule has 1 atom stereocenters. The fourth-order valence-corrected chi connectivity index (χ4v) is 4.12. The lowest BCUT2D eigenvalue weighted by Crippen LogP contribution is -2.21. The van der Waals surface area contributed by atoms with E-state index in [1.807, 2.05) is 42.5 Å². The standard InChI is InChI=1S/C24H22N4O4/c1-30-16-6-4-14(5-7-16)23-26-24-25-20-10-15(11-21(29)19(20)13-28(24)27-23)18-9-8-17(31-2)12-22(18)32-3/h4-9,12-13,15H,10-11H2,1-3H3. The van der Waals surface area contributed by atoms with E-state index in [1.165, 1.54) is 0 Å². The van der Waals surface area contributed by atoms with Gasteiger partial charge in [-0.1, -0.05) is 6.07 Å². The smallest absolute Gasteiger partial charge is 0.252 e. The van der Waals surface area contributed by atoms with E-state index < -0.39 is 0 Å². The van der Waals surface area contributed by atoms with Gasteiger partial charge in [-0.05, 0) is 42.3 Å². The van der Waals surface area contributed by atoms with Crippen molar-refractivity contribution in [3.8, 4) is 28.6 Å². The molecule has 5 rings (SSSR count). The second-order valence-electron chi connectivity index (χ2n) is 7.65. The van der Waals surface area contributed by atoms with E-state index in [4.69, 9.17) is 14.2 Å². The molecule has 0 saturated carbocycles. The van der Waals surface area contributed by atoms with E-state index in [0.29, 0.717) is 41.5 Å². The first-order valence-electron chi connectivity index (χ1n) is 10.3. The molecular formula is C24H22N4O4. The molecule has 2 aromatic heterocycles. The molecule has 0 bridgehead atoms. The Morgan fingerprint density at radius 2 is 1.66 bits per heavy atom. The van der Waals surface area contributed by atoms with Gasteiger partial charge in [0.1, 0.15) is 17.2 Å². The summed E-state index contributed by atoms with van der Waals surface area (Å²) in [7, 11) is 4.86. The van der Waals surface area contributed by atoms with Crippen LogP contribution in [0, 0.1) is 0 Å². The van der Waals surface area contributed by atoms with Crippen molar-refractivity contribution in [3.05, 3.63) is 65.5 Å². The Labute approximate surface area is 184 Å². The molecule has 0 spiro atoms. The number of methoxy groups -OCH3 is 3. The van der Waals surface area contributed by atoms with Crippen LogP contribution in [0.25, 0.3) is 17.2 Å². The number of hydrogen-bond donors (Lipinski definition) is 0. The molecule has 1 unspecified atom stereocenters. The lowest BCUT2D eigenvalue weighted by Gasteiger charge is -2.24. The van der Waals surface area contributed by atoms with Gasteiger partial charge in [0.25, 0.3) is 5.78 Å². The summed E-state index contributed by atoms with van der Waals surface area (Å²) in [4.78, 5) is 22.3. The van der Waals surface area contributed by atoms with Gasteiger partial charge in [0.15, 0.2) is 11.6 Å². The van der Waals surface area contributed by atoms with Crippen molar-refractivity contribution in [1.82, 2.24) is 19.6 Å². The molecule has 1 aliphatic rings. The fourth-order valence-electron chi connectivity index (χ4n) is 4.12. The minimum atomic E-state index is -0.0326. The Balaban J connectivity index is 1.51. The minimum Gasteiger partial charge on any atom is -0.497 e. The molecule has 1 aliphatic carbocycles. The van der Waals surface area contributed by atoms with Gasteiger partial charge < -0.3 is 14.2 Å². The fraction of sp³-hybridized carbons (Fsp3) is 0.250. The Bertz CT molecular complexity index is 1310. The number of aromatic nitrogens is 4. The van der Waals surface area contributed by atoms with Crippen molar-refractivity contribution in [2.24, 2.45) is 0 Å². The molecule has 0 aliphatic heterocycles. The monoisotopic (exact) mass is 430 g/mol. The van der Waals surface area contributed by atoms with Crippen LogP contribution in [-0.2, 0) is 6.42 Å². The molecule has 0 N–H and O–H groups in total. The molecule has 8 nitrogen and oxygen atoms in total. The summed E-state index contributed by atoms with van der Waals surface area (Å²) < 4.78 is 17.6. The summed E-state index contributed by atoms with van der Waals surface area (Å²) >= 11 is 0. The normalized spacial score (nSPS) is 15.5. The van der Waals surface area contributed by atoms with Gasteiger partial charge in [0, 0.05) is 30.2 Å². The molecule has 32 heavy (non-hydrogen) atoms. The topological polar surface area (TPSA) is 87.8 Å². The number of rotatable bonds is 5. The SMILES string of the molecule is COc1ccc(-c2nc3nc4c(cn3n2)C(=O)CC(c2ccc(OC)cc2OC)C4)cc1. The Morgan fingerprint density at radius 1 is 0.906 bits per heavy atom. The van der Waals surface area contributed by atoms with Crippen LogP contribution in [0.15, 0.2) is 48.7 Å². The van der Waals surface area contributed by atoms with Crippen molar-refractivity contribution in [2.75, 3.05) is 21.3 Å². The summed E-state index contributed by atoms with van der Waals surface area (Å²) in [5, 5.41) is 4.52. The van der Waals surface area contributed by atoms with Crippen LogP contribution in [0.5, 0.6) is 17.2 Å². The Hall–Kier alpha value is -3.94. The number of carbonyl (C=O) groups excluding carboxylic acids is 1. The van der Waals surface area contributed by atoms with E-state index in [-0.39, 0.29) is 11.7 Å². The maximum atomic E-state index is 13.0. The van der Waals surface area contributed by atoms with Crippen molar-refractivity contribution in [3.63, 3.8) is 0 Å². The second-order valence-corrected chi connectivity index (χ2v) is 7.65. The number of fused-ring (bicyclic) bond motifs is 2. The number of ether oxygens (including phenoxy) is 3. The maximum absolute atomic E-state index is 13.0. The quantitative estimate of drug-likeness (QED) is 0.477.